The van der Waals surface area contributed by atoms with Crippen LogP contribution in [0.5, 0.6) is 0 Å². The van der Waals surface area contributed by atoms with Crippen LogP contribution in [-0.4, -0.2) is 32.2 Å². The lowest BCUT2D eigenvalue weighted by Crippen LogP contribution is -2.38. The fourth-order valence-electron chi connectivity index (χ4n) is 3.20. The van der Waals surface area contributed by atoms with Crippen LogP contribution in [0.2, 0.25) is 0 Å². The van der Waals surface area contributed by atoms with Gasteiger partial charge < -0.3 is 10.6 Å². The number of hydrogen-bond donors (Lipinski definition) is 1. The third-order valence-electron chi connectivity index (χ3n) is 4.37. The molecule has 1 amide bonds. The van der Waals surface area contributed by atoms with Gasteiger partial charge in [0.15, 0.2) is 0 Å². The van der Waals surface area contributed by atoms with Crippen molar-refractivity contribution in [2.24, 2.45) is 0 Å². The largest absolute Gasteiger partial charge is 0.399 e. The van der Waals surface area contributed by atoms with E-state index in [4.69, 9.17) is 5.73 Å². The Bertz CT molecular complexity index is 917. The predicted molar refractivity (Wildman–Crippen MR) is 94.8 cm³/mol. The molecule has 3 aromatic rings. The second-order valence-electron chi connectivity index (χ2n) is 6.21. The first kappa shape index (κ1) is 15.3. The smallest absolute Gasteiger partial charge is 0.250 e. The van der Waals surface area contributed by atoms with Gasteiger partial charge in [-0.2, -0.15) is 4.80 Å². The number of carbonyl (C=O) groups excluding carboxylic acids is 1. The van der Waals surface area contributed by atoms with Crippen LogP contribution in [-0.2, 0) is 17.8 Å². The first-order valence-corrected chi connectivity index (χ1v) is 8.15. The summed E-state index contributed by atoms with van der Waals surface area (Å²) in [6.45, 7) is 2.10. The summed E-state index contributed by atoms with van der Waals surface area (Å²) in [5.74, 6) is 0.432. The molecule has 1 aliphatic heterocycles. The van der Waals surface area contributed by atoms with E-state index >= 15 is 0 Å². The minimum Gasteiger partial charge on any atom is -0.399 e. The van der Waals surface area contributed by atoms with E-state index in [2.05, 4.69) is 21.5 Å². The van der Waals surface area contributed by atoms with Crippen LogP contribution in [0.3, 0.4) is 0 Å². The Morgan fingerprint density at radius 2 is 1.96 bits per heavy atom. The number of carbonyl (C=O) groups is 1. The minimum atomic E-state index is -0.0429. The molecule has 126 valence electrons. The van der Waals surface area contributed by atoms with Crippen molar-refractivity contribution in [3.8, 4) is 11.4 Å². The highest BCUT2D eigenvalue weighted by Crippen LogP contribution is 2.31. The number of anilines is 2. The lowest BCUT2D eigenvalue weighted by Gasteiger charge is -2.22. The van der Waals surface area contributed by atoms with Crippen molar-refractivity contribution in [3.63, 3.8) is 0 Å². The molecule has 4 rings (SSSR count). The van der Waals surface area contributed by atoms with E-state index in [-0.39, 0.29) is 18.5 Å². The standard InChI is InChI=1S/C18H18N6O/c1-12-10-14-4-2-3-5-16(14)24(12)17(25)11-23-21-18(20-22-23)13-6-8-15(19)9-7-13/h2-9,12H,10-11,19H2,1H3/t12-/m0/s1. The number of tetrazole rings is 1. The second kappa shape index (κ2) is 6.01. The monoisotopic (exact) mass is 334 g/mol. The fraction of sp³-hybridized carbons (Fsp3) is 0.222. The zero-order valence-electron chi connectivity index (χ0n) is 13.8. The van der Waals surface area contributed by atoms with Gasteiger partial charge >= 0.3 is 0 Å². The van der Waals surface area contributed by atoms with Crippen molar-refractivity contribution in [3.05, 3.63) is 54.1 Å². The van der Waals surface area contributed by atoms with Crippen molar-refractivity contribution in [1.82, 2.24) is 20.2 Å². The molecule has 0 fully saturated rings. The number of nitrogens with zero attached hydrogens (tertiary/aromatic N) is 5. The van der Waals surface area contributed by atoms with Crippen LogP contribution in [0.25, 0.3) is 11.4 Å². The van der Waals surface area contributed by atoms with Crippen LogP contribution in [0, 0.1) is 0 Å². The molecule has 0 radical (unpaired) electrons. The quantitative estimate of drug-likeness (QED) is 0.739. The molecule has 0 bridgehead atoms. The van der Waals surface area contributed by atoms with E-state index in [1.807, 2.05) is 42.2 Å². The maximum Gasteiger partial charge on any atom is 0.250 e. The van der Waals surface area contributed by atoms with E-state index in [0.717, 1.165) is 17.7 Å². The number of aromatic nitrogens is 4. The molecule has 1 aromatic heterocycles. The number of para-hydroxylation sites is 1. The first-order valence-electron chi connectivity index (χ1n) is 8.15. The van der Waals surface area contributed by atoms with Gasteiger partial charge in [0.05, 0.1) is 0 Å². The maximum absolute atomic E-state index is 12.8. The second-order valence-corrected chi connectivity index (χ2v) is 6.21. The predicted octanol–water partition coefficient (Wildman–Crippen LogP) is 1.90. The zero-order chi connectivity index (χ0) is 17.4. The average molecular weight is 334 g/mol. The van der Waals surface area contributed by atoms with E-state index in [1.165, 1.54) is 10.4 Å². The lowest BCUT2D eigenvalue weighted by atomic mass is 10.1. The highest BCUT2D eigenvalue weighted by Gasteiger charge is 2.30. The molecule has 2 N–H and O–H groups in total. The Morgan fingerprint density at radius 1 is 1.20 bits per heavy atom. The van der Waals surface area contributed by atoms with Crippen molar-refractivity contribution in [1.29, 1.82) is 0 Å². The highest BCUT2D eigenvalue weighted by molar-refractivity contribution is 5.95. The van der Waals surface area contributed by atoms with Gasteiger partial charge in [-0.05, 0) is 54.5 Å². The van der Waals surface area contributed by atoms with Gasteiger partial charge in [-0.3, -0.25) is 4.79 Å². The SMILES string of the molecule is C[C@H]1Cc2ccccc2N1C(=O)Cn1nnc(-c2ccc(N)cc2)n1. The summed E-state index contributed by atoms with van der Waals surface area (Å²) >= 11 is 0. The molecule has 2 aromatic carbocycles. The molecule has 0 saturated heterocycles. The Morgan fingerprint density at radius 3 is 2.76 bits per heavy atom. The first-order chi connectivity index (χ1) is 12.1. The van der Waals surface area contributed by atoms with Gasteiger partial charge in [-0.25, -0.2) is 0 Å². The summed E-state index contributed by atoms with van der Waals surface area (Å²) in [6, 6.07) is 15.3. The van der Waals surface area contributed by atoms with E-state index in [9.17, 15) is 4.79 Å². The van der Waals surface area contributed by atoms with Crippen molar-refractivity contribution in [2.75, 3.05) is 10.6 Å². The Balaban J connectivity index is 1.53. The molecule has 1 aliphatic rings. The van der Waals surface area contributed by atoms with Gasteiger partial charge in [0.1, 0.15) is 6.54 Å². The molecular formula is C18H18N6O. The van der Waals surface area contributed by atoms with Crippen molar-refractivity contribution < 1.29 is 4.79 Å². The molecule has 7 heteroatoms. The molecular weight excluding hydrogens is 316 g/mol. The molecule has 0 unspecified atom stereocenters. The van der Waals surface area contributed by atoms with Crippen molar-refractivity contribution in [2.45, 2.75) is 25.9 Å². The summed E-state index contributed by atoms with van der Waals surface area (Å²) in [5.41, 5.74) is 9.34. The maximum atomic E-state index is 12.8. The fourth-order valence-corrected chi connectivity index (χ4v) is 3.20. The summed E-state index contributed by atoms with van der Waals surface area (Å²) in [5, 5.41) is 12.3. The van der Waals surface area contributed by atoms with Crippen LogP contribution < -0.4 is 10.6 Å². The van der Waals surface area contributed by atoms with Gasteiger partial charge in [0.2, 0.25) is 5.82 Å². The number of hydrogen-bond acceptors (Lipinski definition) is 5. The number of fused-ring (bicyclic) bond motifs is 1. The van der Waals surface area contributed by atoms with E-state index < -0.39 is 0 Å². The summed E-state index contributed by atoms with van der Waals surface area (Å²) in [7, 11) is 0. The van der Waals surface area contributed by atoms with E-state index in [1.54, 1.807) is 12.1 Å². The molecule has 25 heavy (non-hydrogen) atoms. The molecule has 1 atom stereocenters. The van der Waals surface area contributed by atoms with Crippen LogP contribution in [0.1, 0.15) is 12.5 Å². The highest BCUT2D eigenvalue weighted by atomic mass is 16.2. The Labute approximate surface area is 145 Å². The number of amides is 1. The number of nitrogen functional groups attached to an aromatic ring is 1. The topological polar surface area (TPSA) is 89.9 Å². The normalized spacial score (nSPS) is 16.0. The number of benzene rings is 2. The van der Waals surface area contributed by atoms with Gasteiger partial charge in [-0.1, -0.05) is 18.2 Å². The summed E-state index contributed by atoms with van der Waals surface area (Å²) < 4.78 is 0. The summed E-state index contributed by atoms with van der Waals surface area (Å²) in [4.78, 5) is 15.9. The Kier molecular flexibility index (Phi) is 3.68. The molecule has 2 heterocycles. The van der Waals surface area contributed by atoms with Gasteiger partial charge in [0, 0.05) is 23.0 Å². The molecule has 7 nitrogen and oxygen atoms in total. The zero-order valence-corrected chi connectivity index (χ0v) is 13.8. The van der Waals surface area contributed by atoms with Gasteiger partial charge in [0.25, 0.3) is 5.91 Å². The van der Waals surface area contributed by atoms with Crippen LogP contribution >= 0.6 is 0 Å². The Hall–Kier alpha value is -3.22. The lowest BCUT2D eigenvalue weighted by molar-refractivity contribution is -0.119. The third kappa shape index (κ3) is 2.84. The minimum absolute atomic E-state index is 0.0429. The van der Waals surface area contributed by atoms with Gasteiger partial charge in [-0.15, -0.1) is 10.2 Å². The number of rotatable bonds is 3. The van der Waals surface area contributed by atoms with E-state index in [0.29, 0.717) is 11.5 Å². The third-order valence-corrected chi connectivity index (χ3v) is 4.37. The number of nitrogens with two attached hydrogens (primary N) is 1. The van der Waals surface area contributed by atoms with Crippen LogP contribution in [0.4, 0.5) is 11.4 Å². The summed E-state index contributed by atoms with van der Waals surface area (Å²) in [6.07, 6.45) is 0.864. The molecule has 0 spiro atoms. The molecule has 0 saturated carbocycles. The van der Waals surface area contributed by atoms with Crippen LogP contribution in [0.15, 0.2) is 48.5 Å². The van der Waals surface area contributed by atoms with Crippen molar-refractivity contribution >= 4 is 17.3 Å². The molecule has 0 aliphatic carbocycles. The average Bonchev–Trinajstić information content (AvgIpc) is 3.18.